The number of carbonyl (C=O) groups excluding carboxylic acids is 2. The highest BCUT2D eigenvalue weighted by atomic mass is 32.2. The number of amides is 2. The first-order chi connectivity index (χ1) is 14.0. The van der Waals surface area contributed by atoms with Gasteiger partial charge in [-0.2, -0.15) is 11.8 Å². The molecule has 3 N–H and O–H groups in total. The fraction of sp³-hybridized carbons (Fsp3) is 0.579. The zero-order valence-electron chi connectivity index (χ0n) is 16.4. The predicted octanol–water partition coefficient (Wildman–Crippen LogP) is 1.18. The molecular formula is C19H27FN4O4S. The standard InChI is InChI=1S/C19H27FN4O4S/c1-29-9-4-16(21)18(25)22-11-14-12-24(19(26)28-14)13-2-3-17(15(20)10-13)23-5-7-27-8-6-23/h2-3,10,14,16H,4-9,11-12,21H2,1H3,(H,22,25)/t14-,16?/m1/s1. The molecule has 2 aliphatic heterocycles. The van der Waals surface area contributed by atoms with E-state index in [1.54, 1.807) is 23.9 Å². The van der Waals surface area contributed by atoms with E-state index in [-0.39, 0.29) is 19.0 Å². The molecule has 2 atom stereocenters. The number of benzene rings is 1. The number of cyclic esters (lactones) is 1. The van der Waals surface area contributed by atoms with Crippen molar-refractivity contribution in [1.29, 1.82) is 0 Å². The van der Waals surface area contributed by atoms with Crippen molar-refractivity contribution in [2.24, 2.45) is 5.73 Å². The van der Waals surface area contributed by atoms with Crippen LogP contribution in [0.25, 0.3) is 0 Å². The van der Waals surface area contributed by atoms with Crippen LogP contribution in [0.5, 0.6) is 0 Å². The molecule has 0 radical (unpaired) electrons. The second kappa shape index (κ2) is 10.1. The Morgan fingerprint density at radius 3 is 2.86 bits per heavy atom. The number of thioether (sulfide) groups is 1. The highest BCUT2D eigenvalue weighted by Crippen LogP contribution is 2.28. The summed E-state index contributed by atoms with van der Waals surface area (Å²) in [6.07, 6.45) is 1.46. The van der Waals surface area contributed by atoms with Crippen LogP contribution in [-0.2, 0) is 14.3 Å². The van der Waals surface area contributed by atoms with Crippen LogP contribution in [0.1, 0.15) is 6.42 Å². The molecule has 1 aromatic carbocycles. The highest BCUT2D eigenvalue weighted by Gasteiger charge is 2.33. The van der Waals surface area contributed by atoms with Crippen LogP contribution in [-0.4, -0.2) is 75.5 Å². The van der Waals surface area contributed by atoms with E-state index < -0.39 is 24.1 Å². The summed E-state index contributed by atoms with van der Waals surface area (Å²) in [6.45, 7) is 2.78. The topological polar surface area (TPSA) is 97.1 Å². The molecule has 0 aliphatic carbocycles. The van der Waals surface area contributed by atoms with Gasteiger partial charge in [-0.05, 0) is 36.6 Å². The molecule has 0 saturated carbocycles. The molecule has 0 spiro atoms. The first kappa shape index (κ1) is 21.7. The first-order valence-corrected chi connectivity index (χ1v) is 11.0. The van der Waals surface area contributed by atoms with Crippen LogP contribution in [0.3, 0.4) is 0 Å². The third-order valence-corrected chi connectivity index (χ3v) is 5.59. The number of hydrogen-bond donors (Lipinski definition) is 2. The normalized spacial score (nSPS) is 20.5. The molecule has 3 rings (SSSR count). The Kier molecular flexibility index (Phi) is 7.57. The lowest BCUT2D eigenvalue weighted by Crippen LogP contribution is -2.44. The Bertz CT molecular complexity index is 732. The minimum atomic E-state index is -0.586. The van der Waals surface area contributed by atoms with Crippen molar-refractivity contribution in [2.75, 3.05) is 61.2 Å². The average Bonchev–Trinajstić information content (AvgIpc) is 3.11. The fourth-order valence-corrected chi connectivity index (χ4v) is 3.77. The van der Waals surface area contributed by atoms with Crippen LogP contribution in [0, 0.1) is 5.82 Å². The van der Waals surface area contributed by atoms with Crippen LogP contribution in [0.4, 0.5) is 20.6 Å². The summed E-state index contributed by atoms with van der Waals surface area (Å²) < 4.78 is 25.2. The molecule has 2 heterocycles. The van der Waals surface area contributed by atoms with Gasteiger partial charge in [-0.1, -0.05) is 0 Å². The molecule has 2 aliphatic rings. The maximum absolute atomic E-state index is 14.6. The van der Waals surface area contributed by atoms with Gasteiger partial charge in [-0.3, -0.25) is 9.69 Å². The molecule has 2 fully saturated rings. The number of halogens is 1. The summed E-state index contributed by atoms with van der Waals surface area (Å²) in [7, 11) is 0. The fourth-order valence-electron chi connectivity index (χ4n) is 3.28. The summed E-state index contributed by atoms with van der Waals surface area (Å²) in [5.41, 5.74) is 6.75. The summed E-state index contributed by atoms with van der Waals surface area (Å²) in [6, 6.07) is 4.13. The van der Waals surface area contributed by atoms with Gasteiger partial charge in [0.2, 0.25) is 5.91 Å². The van der Waals surface area contributed by atoms with Crippen molar-refractivity contribution in [2.45, 2.75) is 18.6 Å². The molecule has 10 heteroatoms. The van der Waals surface area contributed by atoms with Crippen molar-refractivity contribution < 1.29 is 23.5 Å². The van der Waals surface area contributed by atoms with Gasteiger partial charge < -0.3 is 25.4 Å². The van der Waals surface area contributed by atoms with E-state index in [1.807, 2.05) is 11.2 Å². The molecule has 1 aromatic rings. The van der Waals surface area contributed by atoms with E-state index in [4.69, 9.17) is 15.2 Å². The smallest absolute Gasteiger partial charge is 0.414 e. The molecule has 0 bridgehead atoms. The Balaban J connectivity index is 1.56. The number of nitrogens with two attached hydrogens (primary N) is 1. The molecule has 1 unspecified atom stereocenters. The lowest BCUT2D eigenvalue weighted by Gasteiger charge is -2.29. The quantitative estimate of drug-likeness (QED) is 0.644. The number of rotatable bonds is 8. The van der Waals surface area contributed by atoms with E-state index in [9.17, 15) is 14.0 Å². The van der Waals surface area contributed by atoms with E-state index in [0.29, 0.717) is 44.1 Å². The second-order valence-electron chi connectivity index (χ2n) is 6.98. The summed E-state index contributed by atoms with van der Waals surface area (Å²) >= 11 is 1.62. The lowest BCUT2D eigenvalue weighted by molar-refractivity contribution is -0.122. The third-order valence-electron chi connectivity index (χ3n) is 4.94. The van der Waals surface area contributed by atoms with Crippen molar-refractivity contribution in [3.05, 3.63) is 24.0 Å². The second-order valence-corrected chi connectivity index (χ2v) is 7.97. The van der Waals surface area contributed by atoms with Crippen LogP contribution in [0.15, 0.2) is 18.2 Å². The average molecular weight is 427 g/mol. The van der Waals surface area contributed by atoms with Crippen LogP contribution >= 0.6 is 11.8 Å². The minimum Gasteiger partial charge on any atom is -0.442 e. The number of ether oxygens (including phenoxy) is 2. The zero-order valence-corrected chi connectivity index (χ0v) is 17.3. The van der Waals surface area contributed by atoms with Crippen molar-refractivity contribution >= 4 is 35.1 Å². The summed E-state index contributed by atoms with van der Waals surface area (Å²) in [4.78, 5) is 27.5. The zero-order chi connectivity index (χ0) is 20.8. The van der Waals surface area contributed by atoms with Crippen molar-refractivity contribution in [3.8, 4) is 0 Å². The number of nitrogens with one attached hydrogen (secondary N) is 1. The third kappa shape index (κ3) is 5.52. The molecular weight excluding hydrogens is 399 g/mol. The predicted molar refractivity (Wildman–Crippen MR) is 111 cm³/mol. The minimum absolute atomic E-state index is 0.169. The molecule has 160 valence electrons. The number of nitrogens with zero attached hydrogens (tertiary/aromatic N) is 2. The van der Waals surface area contributed by atoms with Gasteiger partial charge in [0.1, 0.15) is 11.9 Å². The number of morpholine rings is 1. The van der Waals surface area contributed by atoms with Gasteiger partial charge in [0.05, 0.1) is 43.7 Å². The molecule has 29 heavy (non-hydrogen) atoms. The molecule has 0 aromatic heterocycles. The Morgan fingerprint density at radius 1 is 1.41 bits per heavy atom. The van der Waals surface area contributed by atoms with E-state index in [2.05, 4.69) is 5.32 Å². The van der Waals surface area contributed by atoms with Gasteiger partial charge in [0.25, 0.3) is 0 Å². The maximum atomic E-state index is 14.6. The largest absolute Gasteiger partial charge is 0.442 e. The van der Waals surface area contributed by atoms with Crippen molar-refractivity contribution in [3.63, 3.8) is 0 Å². The van der Waals surface area contributed by atoms with Crippen LogP contribution in [0.2, 0.25) is 0 Å². The molecule has 8 nitrogen and oxygen atoms in total. The van der Waals surface area contributed by atoms with E-state index >= 15 is 0 Å². The maximum Gasteiger partial charge on any atom is 0.414 e. The number of carbonyl (C=O) groups is 2. The highest BCUT2D eigenvalue weighted by molar-refractivity contribution is 7.98. The first-order valence-electron chi connectivity index (χ1n) is 9.62. The lowest BCUT2D eigenvalue weighted by atomic mass is 10.2. The van der Waals surface area contributed by atoms with Crippen LogP contribution < -0.4 is 20.9 Å². The Morgan fingerprint density at radius 2 is 2.17 bits per heavy atom. The number of anilines is 2. The van der Waals surface area contributed by atoms with Gasteiger partial charge in [0, 0.05) is 13.1 Å². The Hall–Kier alpha value is -2.04. The van der Waals surface area contributed by atoms with Crippen molar-refractivity contribution in [1.82, 2.24) is 5.32 Å². The van der Waals surface area contributed by atoms with E-state index in [1.165, 1.54) is 11.0 Å². The summed E-state index contributed by atoms with van der Waals surface area (Å²) in [5, 5.41) is 2.72. The molecule has 2 saturated heterocycles. The van der Waals surface area contributed by atoms with Gasteiger partial charge in [-0.15, -0.1) is 0 Å². The molecule has 2 amide bonds. The Labute approximate surface area is 173 Å². The van der Waals surface area contributed by atoms with Gasteiger partial charge in [-0.25, -0.2) is 9.18 Å². The SMILES string of the molecule is CSCCC(N)C(=O)NC[C@@H]1CN(c2ccc(N3CCOCC3)c(F)c2)C(=O)O1. The van der Waals surface area contributed by atoms with E-state index in [0.717, 1.165) is 5.75 Å². The summed E-state index contributed by atoms with van der Waals surface area (Å²) in [5.74, 6) is 0.135. The monoisotopic (exact) mass is 426 g/mol. The van der Waals surface area contributed by atoms with Gasteiger partial charge in [0.15, 0.2) is 0 Å². The van der Waals surface area contributed by atoms with Gasteiger partial charge >= 0.3 is 6.09 Å². The number of hydrogen-bond acceptors (Lipinski definition) is 7.